The van der Waals surface area contributed by atoms with E-state index < -0.39 is 12.0 Å². The lowest BCUT2D eigenvalue weighted by Gasteiger charge is -2.34. The molecule has 2 aromatic heterocycles. The number of fused-ring (bicyclic) bond motifs is 1. The Morgan fingerprint density at radius 3 is 2.58 bits per heavy atom. The molecule has 0 saturated carbocycles. The topological polar surface area (TPSA) is 98.7 Å². The Bertz CT molecular complexity index is 1280. The maximum Gasteiger partial charge on any atom is 0.329 e. The summed E-state index contributed by atoms with van der Waals surface area (Å²) in [6, 6.07) is 17.0. The highest BCUT2D eigenvalue weighted by Crippen LogP contribution is 2.26. The van der Waals surface area contributed by atoms with E-state index in [1.165, 1.54) is 11.2 Å². The highest BCUT2D eigenvalue weighted by molar-refractivity contribution is 6.30. The van der Waals surface area contributed by atoms with Gasteiger partial charge >= 0.3 is 5.97 Å². The number of nitrogens with zero attached hydrogens (tertiary/aromatic N) is 3. The number of benzene rings is 2. The number of furan rings is 1. The molecule has 33 heavy (non-hydrogen) atoms. The third-order valence-electron chi connectivity index (χ3n) is 5.41. The highest BCUT2D eigenvalue weighted by Gasteiger charge is 2.37. The van der Waals surface area contributed by atoms with Crippen LogP contribution in [-0.4, -0.2) is 33.0 Å². The highest BCUT2D eigenvalue weighted by atomic mass is 35.5. The first-order valence-corrected chi connectivity index (χ1v) is 10.6. The van der Waals surface area contributed by atoms with Crippen molar-refractivity contribution in [1.29, 1.82) is 0 Å². The fourth-order valence-corrected chi connectivity index (χ4v) is 3.86. The smallest absolute Gasteiger partial charge is 0.329 e. The summed E-state index contributed by atoms with van der Waals surface area (Å²) in [6.45, 7) is 0.0666. The Kier molecular flexibility index (Phi) is 5.66. The third-order valence-corrected chi connectivity index (χ3v) is 5.66. The number of esters is 1. The molecule has 8 nitrogen and oxygen atoms in total. The molecule has 0 radical (unpaired) electrons. The van der Waals surface area contributed by atoms with Gasteiger partial charge in [-0.25, -0.2) is 4.79 Å². The summed E-state index contributed by atoms with van der Waals surface area (Å²) in [5, 5.41) is 8.52. The predicted molar refractivity (Wildman–Crippen MR) is 117 cm³/mol. The summed E-state index contributed by atoms with van der Waals surface area (Å²) >= 11 is 5.90. The van der Waals surface area contributed by atoms with E-state index in [1.54, 1.807) is 36.4 Å². The van der Waals surface area contributed by atoms with Gasteiger partial charge in [0.25, 0.3) is 11.8 Å². The summed E-state index contributed by atoms with van der Waals surface area (Å²) in [5.74, 6) is -0.334. The molecule has 1 aliphatic heterocycles. The summed E-state index contributed by atoms with van der Waals surface area (Å²) < 4.78 is 16.3. The lowest BCUT2D eigenvalue weighted by Crippen LogP contribution is -2.49. The van der Waals surface area contributed by atoms with Crippen molar-refractivity contribution in [2.24, 2.45) is 0 Å². The first-order valence-electron chi connectivity index (χ1n) is 10.2. The Morgan fingerprint density at radius 1 is 1.03 bits per heavy atom. The lowest BCUT2D eigenvalue weighted by atomic mass is 9.93. The van der Waals surface area contributed by atoms with E-state index in [0.29, 0.717) is 22.9 Å². The molecular formula is C24H18ClN3O5. The van der Waals surface area contributed by atoms with Gasteiger partial charge in [-0.15, -0.1) is 10.2 Å². The van der Waals surface area contributed by atoms with Crippen molar-refractivity contribution in [2.45, 2.75) is 25.6 Å². The summed E-state index contributed by atoms with van der Waals surface area (Å²) in [4.78, 5) is 27.5. The molecule has 0 fully saturated rings. The number of halogens is 1. The number of aromatic nitrogens is 2. The summed E-state index contributed by atoms with van der Waals surface area (Å²) in [7, 11) is 0. The molecule has 4 aromatic rings. The minimum atomic E-state index is -0.809. The monoisotopic (exact) mass is 463 g/mol. The largest absolute Gasteiger partial charge is 0.459 e. The van der Waals surface area contributed by atoms with Crippen molar-refractivity contribution in [3.8, 4) is 11.5 Å². The van der Waals surface area contributed by atoms with Crippen LogP contribution in [0.15, 0.2) is 75.8 Å². The summed E-state index contributed by atoms with van der Waals surface area (Å²) in [6.07, 6.45) is 1.76. The molecule has 0 saturated heterocycles. The maximum absolute atomic E-state index is 13.0. The zero-order valence-electron chi connectivity index (χ0n) is 17.3. The van der Waals surface area contributed by atoms with Crippen LogP contribution in [0.1, 0.15) is 27.6 Å². The van der Waals surface area contributed by atoms with E-state index in [0.717, 1.165) is 11.1 Å². The van der Waals surface area contributed by atoms with Crippen LogP contribution < -0.4 is 0 Å². The second kappa shape index (κ2) is 8.91. The Labute approximate surface area is 193 Å². The van der Waals surface area contributed by atoms with Crippen molar-refractivity contribution < 1.29 is 23.2 Å². The average molecular weight is 464 g/mol. The number of hydrogen-bond acceptors (Lipinski definition) is 7. The van der Waals surface area contributed by atoms with Gasteiger partial charge in [0, 0.05) is 23.6 Å². The van der Waals surface area contributed by atoms with Crippen molar-refractivity contribution in [3.63, 3.8) is 0 Å². The standard InChI is InChI=1S/C24H18ClN3O5/c25-18-9-7-15(8-10-18)22-27-26-21(33-22)14-32-24(30)19-12-16-4-1-2-5-17(16)13-28(19)23(29)20-6-3-11-31-20/h1-11,19H,12-14H2/t19-/m0/s1. The molecule has 9 heteroatoms. The zero-order chi connectivity index (χ0) is 22.8. The number of carbonyl (C=O) groups is 2. The quantitative estimate of drug-likeness (QED) is 0.407. The Morgan fingerprint density at radius 2 is 1.82 bits per heavy atom. The van der Waals surface area contributed by atoms with Crippen molar-refractivity contribution in [3.05, 3.63) is 94.7 Å². The van der Waals surface area contributed by atoms with Crippen LogP contribution in [0.5, 0.6) is 0 Å². The van der Waals surface area contributed by atoms with Gasteiger partial charge in [0.15, 0.2) is 12.4 Å². The third kappa shape index (κ3) is 4.38. The van der Waals surface area contributed by atoms with Crippen LogP contribution in [-0.2, 0) is 29.1 Å². The maximum atomic E-state index is 13.0. The van der Waals surface area contributed by atoms with Crippen molar-refractivity contribution in [2.75, 3.05) is 0 Å². The average Bonchev–Trinajstić information content (AvgIpc) is 3.54. The fourth-order valence-electron chi connectivity index (χ4n) is 3.74. The molecule has 166 valence electrons. The van der Waals surface area contributed by atoms with Crippen LogP contribution in [0.3, 0.4) is 0 Å². The Balaban J connectivity index is 1.32. The van der Waals surface area contributed by atoms with Crippen LogP contribution in [0, 0.1) is 0 Å². The number of rotatable bonds is 5. The second-order valence-electron chi connectivity index (χ2n) is 7.51. The van der Waals surface area contributed by atoms with E-state index in [4.69, 9.17) is 25.2 Å². The van der Waals surface area contributed by atoms with Gasteiger partial charge in [-0.05, 0) is 47.5 Å². The fraction of sp³-hybridized carbons (Fsp3) is 0.167. The molecule has 2 aromatic carbocycles. The van der Waals surface area contributed by atoms with E-state index in [9.17, 15) is 9.59 Å². The molecular weight excluding hydrogens is 446 g/mol. The van der Waals surface area contributed by atoms with Gasteiger partial charge in [0.1, 0.15) is 6.04 Å². The van der Waals surface area contributed by atoms with Gasteiger partial charge in [-0.1, -0.05) is 35.9 Å². The molecule has 1 aliphatic rings. The minimum absolute atomic E-state index is 0.147. The summed E-state index contributed by atoms with van der Waals surface area (Å²) in [5.41, 5.74) is 2.67. The van der Waals surface area contributed by atoms with Gasteiger partial charge in [0.05, 0.1) is 6.26 Å². The molecule has 1 amide bonds. The van der Waals surface area contributed by atoms with Crippen LogP contribution in [0.25, 0.3) is 11.5 Å². The normalized spacial score (nSPS) is 15.2. The molecule has 0 spiro atoms. The number of amides is 1. The van der Waals surface area contributed by atoms with Gasteiger partial charge in [-0.3, -0.25) is 4.79 Å². The molecule has 1 atom stereocenters. The van der Waals surface area contributed by atoms with E-state index >= 15 is 0 Å². The second-order valence-corrected chi connectivity index (χ2v) is 7.95. The van der Waals surface area contributed by atoms with Crippen LogP contribution >= 0.6 is 11.6 Å². The first kappa shape index (κ1) is 21.0. The van der Waals surface area contributed by atoms with Crippen LogP contribution in [0.2, 0.25) is 5.02 Å². The molecule has 0 bridgehead atoms. The number of ether oxygens (including phenoxy) is 1. The van der Waals surface area contributed by atoms with Crippen molar-refractivity contribution >= 4 is 23.5 Å². The van der Waals surface area contributed by atoms with E-state index in [-0.39, 0.29) is 30.7 Å². The molecule has 3 heterocycles. The SMILES string of the molecule is O=C(OCc1nnc(-c2ccc(Cl)cc2)o1)[C@@H]1Cc2ccccc2CN1C(=O)c1ccco1. The van der Waals surface area contributed by atoms with Gasteiger partial charge < -0.3 is 18.5 Å². The molecule has 0 unspecified atom stereocenters. The van der Waals surface area contributed by atoms with E-state index in [1.807, 2.05) is 24.3 Å². The Hall–Kier alpha value is -3.91. The zero-order valence-corrected chi connectivity index (χ0v) is 18.1. The first-order chi connectivity index (χ1) is 16.1. The van der Waals surface area contributed by atoms with Crippen LogP contribution in [0.4, 0.5) is 0 Å². The number of hydrogen-bond donors (Lipinski definition) is 0. The molecule has 5 rings (SSSR count). The lowest BCUT2D eigenvalue weighted by molar-refractivity contribution is -0.151. The number of carbonyl (C=O) groups excluding carboxylic acids is 2. The van der Waals surface area contributed by atoms with Gasteiger partial charge in [0.2, 0.25) is 5.89 Å². The van der Waals surface area contributed by atoms with E-state index in [2.05, 4.69) is 10.2 Å². The predicted octanol–water partition coefficient (Wildman–Crippen LogP) is 4.29. The van der Waals surface area contributed by atoms with Crippen molar-refractivity contribution in [1.82, 2.24) is 15.1 Å². The van der Waals surface area contributed by atoms with Gasteiger partial charge in [-0.2, -0.15) is 0 Å². The molecule has 0 aliphatic carbocycles. The minimum Gasteiger partial charge on any atom is -0.459 e. The molecule has 0 N–H and O–H groups in total.